The van der Waals surface area contributed by atoms with E-state index in [-0.39, 0.29) is 5.91 Å². The largest absolute Gasteiger partial charge is 0.494 e. The molecular weight excluding hydrogens is 474 g/mol. The van der Waals surface area contributed by atoms with E-state index in [0.29, 0.717) is 29.7 Å². The summed E-state index contributed by atoms with van der Waals surface area (Å²) in [7, 11) is -2.36. The highest BCUT2D eigenvalue weighted by Crippen LogP contribution is 2.43. The van der Waals surface area contributed by atoms with Crippen LogP contribution in [0.25, 0.3) is 10.9 Å². The Morgan fingerprint density at radius 1 is 1.08 bits per heavy atom. The Balaban J connectivity index is 1.18. The molecule has 0 unspecified atom stereocenters. The minimum atomic E-state index is -2.36. The third-order valence-corrected chi connectivity index (χ3v) is 8.98. The van der Waals surface area contributed by atoms with Crippen molar-refractivity contribution >= 4 is 33.1 Å². The fraction of sp³-hybridized carbons (Fsp3) is 0.429. The lowest BCUT2D eigenvalue weighted by molar-refractivity contribution is 0.102. The molecule has 0 radical (unpaired) electrons. The van der Waals surface area contributed by atoms with Crippen LogP contribution in [-0.4, -0.2) is 44.2 Å². The topological polar surface area (TPSA) is 104 Å². The number of ether oxygens (including phenoxy) is 1. The number of nitrogens with zero attached hydrogens (tertiary/aromatic N) is 1. The van der Waals surface area contributed by atoms with Gasteiger partial charge in [-0.2, -0.15) is 10.6 Å². The number of rotatable bonds is 9. The summed E-state index contributed by atoms with van der Waals surface area (Å²) in [6.45, 7) is 3.39. The van der Waals surface area contributed by atoms with Crippen molar-refractivity contribution < 1.29 is 18.6 Å². The summed E-state index contributed by atoms with van der Waals surface area (Å²) in [6, 6.07) is 13.6. The van der Waals surface area contributed by atoms with Gasteiger partial charge in [0.25, 0.3) is 5.91 Å². The van der Waals surface area contributed by atoms with Crippen LogP contribution in [0.2, 0.25) is 0 Å². The van der Waals surface area contributed by atoms with Crippen molar-refractivity contribution in [2.75, 3.05) is 23.4 Å². The number of nitrogens with one attached hydrogen (secondary N) is 2. The predicted octanol–water partition coefficient (Wildman–Crippen LogP) is 5.98. The lowest BCUT2D eigenvalue weighted by atomic mass is 10.1. The van der Waals surface area contributed by atoms with E-state index in [2.05, 4.69) is 21.7 Å². The van der Waals surface area contributed by atoms with Gasteiger partial charge >= 0.3 is 0 Å². The number of aryl methyl sites for hydroxylation is 1. The van der Waals surface area contributed by atoms with E-state index < -0.39 is 10.6 Å². The number of pyridine rings is 1. The molecule has 5 rings (SSSR count). The van der Waals surface area contributed by atoms with Crippen LogP contribution in [-0.2, 0) is 6.54 Å². The molecule has 3 aromatic rings. The molecule has 192 valence electrons. The lowest BCUT2D eigenvalue weighted by Crippen LogP contribution is -2.35. The molecule has 36 heavy (non-hydrogen) atoms. The van der Waals surface area contributed by atoms with E-state index >= 15 is 0 Å². The Hall–Kier alpha value is -2.65. The van der Waals surface area contributed by atoms with Crippen LogP contribution in [0.3, 0.4) is 0 Å². The number of anilines is 1. The summed E-state index contributed by atoms with van der Waals surface area (Å²) in [5.41, 5.74) is 4.20. The van der Waals surface area contributed by atoms with Gasteiger partial charge in [-0.1, -0.05) is 18.9 Å². The van der Waals surface area contributed by atoms with Gasteiger partial charge in [-0.25, -0.2) is 0 Å². The molecule has 2 fully saturated rings. The molecule has 2 heterocycles. The number of benzene rings is 2. The van der Waals surface area contributed by atoms with Crippen molar-refractivity contribution in [2.45, 2.75) is 51.6 Å². The predicted molar refractivity (Wildman–Crippen MR) is 146 cm³/mol. The molecule has 2 aromatic carbocycles. The first-order valence-corrected chi connectivity index (χ1v) is 14.6. The molecule has 0 bridgehead atoms. The summed E-state index contributed by atoms with van der Waals surface area (Å²) in [6.07, 6.45) is 7.18. The fourth-order valence-electron chi connectivity index (χ4n) is 4.65. The first-order valence-electron chi connectivity index (χ1n) is 12.8. The van der Waals surface area contributed by atoms with Gasteiger partial charge in [-0.05, 0) is 79.6 Å². The van der Waals surface area contributed by atoms with Crippen LogP contribution in [0.15, 0.2) is 48.7 Å². The van der Waals surface area contributed by atoms with Crippen LogP contribution >= 0.6 is 10.6 Å². The minimum Gasteiger partial charge on any atom is -0.494 e. The number of hydrogen-bond acceptors (Lipinski definition) is 6. The lowest BCUT2D eigenvalue weighted by Gasteiger charge is -2.39. The maximum Gasteiger partial charge on any atom is 0.255 e. The SMILES string of the molecule is Cc1c(NC(=O)c2ccc(OCCC3CC3)cc2)ccc2cc(CNC3CCS(O)(O)CC3)cnc12. The van der Waals surface area contributed by atoms with E-state index in [1.165, 1.54) is 12.8 Å². The molecule has 1 amide bonds. The molecule has 0 atom stereocenters. The smallest absolute Gasteiger partial charge is 0.255 e. The third kappa shape index (κ3) is 6.37. The molecule has 1 aliphatic carbocycles. The number of hydrogen-bond donors (Lipinski definition) is 4. The second kappa shape index (κ2) is 10.8. The average Bonchev–Trinajstić information content (AvgIpc) is 3.70. The van der Waals surface area contributed by atoms with Gasteiger partial charge in [-0.15, -0.1) is 0 Å². The Labute approximate surface area is 214 Å². The van der Waals surface area contributed by atoms with E-state index in [1.54, 1.807) is 12.1 Å². The first kappa shape index (κ1) is 25.0. The molecule has 8 heteroatoms. The zero-order chi connectivity index (χ0) is 25.1. The molecule has 2 aliphatic rings. The van der Waals surface area contributed by atoms with E-state index in [9.17, 15) is 13.9 Å². The zero-order valence-corrected chi connectivity index (χ0v) is 21.5. The number of fused-ring (bicyclic) bond motifs is 1. The molecule has 1 aromatic heterocycles. The van der Waals surface area contributed by atoms with Crippen molar-refractivity contribution in [3.8, 4) is 5.75 Å². The van der Waals surface area contributed by atoms with Crippen molar-refractivity contribution in [1.82, 2.24) is 10.3 Å². The average molecular weight is 510 g/mol. The first-order chi connectivity index (χ1) is 17.4. The number of carbonyl (C=O) groups excluding carboxylic acids is 1. The summed E-state index contributed by atoms with van der Waals surface area (Å²) in [4.78, 5) is 17.5. The van der Waals surface area contributed by atoms with Crippen LogP contribution in [0.4, 0.5) is 5.69 Å². The Bertz CT molecular complexity index is 1220. The highest BCUT2D eigenvalue weighted by molar-refractivity contribution is 8.24. The van der Waals surface area contributed by atoms with Crippen LogP contribution in [0.1, 0.15) is 53.6 Å². The minimum absolute atomic E-state index is 0.160. The summed E-state index contributed by atoms with van der Waals surface area (Å²) < 4.78 is 25.4. The van der Waals surface area contributed by atoms with Crippen molar-refractivity contribution in [1.29, 1.82) is 0 Å². The Kier molecular flexibility index (Phi) is 7.48. The third-order valence-electron chi connectivity index (χ3n) is 7.20. The number of amides is 1. The number of carbonyl (C=O) groups is 1. The second-order valence-electron chi connectivity index (χ2n) is 10.1. The monoisotopic (exact) mass is 509 g/mol. The molecule has 4 N–H and O–H groups in total. The molecule has 7 nitrogen and oxygen atoms in total. The molecule has 1 saturated carbocycles. The summed E-state index contributed by atoms with van der Waals surface area (Å²) in [5.74, 6) is 2.43. The highest BCUT2D eigenvalue weighted by Gasteiger charge is 2.23. The molecular formula is C28H35N3O4S. The van der Waals surface area contributed by atoms with E-state index in [0.717, 1.165) is 65.3 Å². The van der Waals surface area contributed by atoms with Crippen molar-refractivity contribution in [3.05, 3.63) is 65.4 Å². The second-order valence-corrected chi connectivity index (χ2v) is 12.5. The van der Waals surface area contributed by atoms with Crippen LogP contribution in [0.5, 0.6) is 5.75 Å². The summed E-state index contributed by atoms with van der Waals surface area (Å²) >= 11 is 0. The van der Waals surface area contributed by atoms with E-state index in [1.807, 2.05) is 37.4 Å². The van der Waals surface area contributed by atoms with Gasteiger partial charge in [0.2, 0.25) is 0 Å². The Morgan fingerprint density at radius 2 is 1.83 bits per heavy atom. The van der Waals surface area contributed by atoms with Crippen molar-refractivity contribution in [2.24, 2.45) is 5.92 Å². The maximum atomic E-state index is 12.8. The van der Waals surface area contributed by atoms with Crippen LogP contribution in [0, 0.1) is 12.8 Å². The number of aromatic nitrogens is 1. The van der Waals surface area contributed by atoms with Gasteiger partial charge in [0.15, 0.2) is 0 Å². The quantitative estimate of drug-likeness (QED) is 0.283. The van der Waals surface area contributed by atoms with E-state index in [4.69, 9.17) is 4.74 Å². The molecule has 0 spiro atoms. The molecule has 1 aliphatic heterocycles. The fourth-order valence-corrected chi connectivity index (χ4v) is 6.18. The van der Waals surface area contributed by atoms with Gasteiger partial charge < -0.3 is 15.4 Å². The normalized spacial score (nSPS) is 18.6. The van der Waals surface area contributed by atoms with Gasteiger partial charge in [-0.3, -0.25) is 18.9 Å². The summed E-state index contributed by atoms with van der Waals surface area (Å²) in [5, 5.41) is 7.56. The van der Waals surface area contributed by atoms with Gasteiger partial charge in [0, 0.05) is 46.9 Å². The van der Waals surface area contributed by atoms with Crippen molar-refractivity contribution in [3.63, 3.8) is 0 Å². The zero-order valence-electron chi connectivity index (χ0n) is 20.7. The maximum absolute atomic E-state index is 12.8. The van der Waals surface area contributed by atoms with Gasteiger partial charge in [0.1, 0.15) is 5.75 Å². The Morgan fingerprint density at radius 3 is 2.56 bits per heavy atom. The standard InChI is InChI=1S/C28H35N3O4S/c1-19-26(31-28(32)22-4-7-25(8-5-22)35-13-10-20-2-3-20)9-6-23-16-21(18-30-27(19)23)17-29-24-11-14-36(33,34)15-12-24/h4-9,16,18,20,24,29,33-34H,2-3,10-15,17H2,1H3,(H,31,32). The molecule has 1 saturated heterocycles. The van der Waals surface area contributed by atoms with Crippen LogP contribution < -0.4 is 15.4 Å². The highest BCUT2D eigenvalue weighted by atomic mass is 32.3. The van der Waals surface area contributed by atoms with Gasteiger partial charge in [0.05, 0.1) is 12.1 Å².